The fourth-order valence-corrected chi connectivity index (χ4v) is 3.23. The van der Waals surface area contributed by atoms with Crippen molar-refractivity contribution in [3.63, 3.8) is 0 Å². The van der Waals surface area contributed by atoms with E-state index in [9.17, 15) is 14.7 Å². The summed E-state index contributed by atoms with van der Waals surface area (Å²) in [6.07, 6.45) is 0.988. The molecular weight excluding hydrogens is 270 g/mol. The average molecular weight is 289 g/mol. The molecule has 2 atom stereocenters. The number of hydrogen-bond donors (Lipinski definition) is 1. The van der Waals surface area contributed by atoms with Gasteiger partial charge in [-0.1, -0.05) is 26.0 Å². The molecule has 1 aliphatic carbocycles. The standard InChI is InChI=1S/C16H19NO4/c1-3-8-17(9-4-2)16-14(20)10-6-5-7-11(18)12(10)13(19)15(16)21-16/h5-7,15,18H,3-4,8-9H2,1-2H3. The number of fused-ring (bicyclic) bond motifs is 2. The van der Waals surface area contributed by atoms with Gasteiger partial charge in [0.15, 0.2) is 6.10 Å². The minimum absolute atomic E-state index is 0.105. The molecular formula is C16H19NO4. The van der Waals surface area contributed by atoms with Crippen molar-refractivity contribution in [2.45, 2.75) is 38.5 Å². The second-order valence-electron chi connectivity index (χ2n) is 5.57. The zero-order chi connectivity index (χ0) is 15.2. The number of ether oxygens (including phenoxy) is 1. The van der Waals surface area contributed by atoms with Crippen LogP contribution in [0.15, 0.2) is 18.2 Å². The van der Waals surface area contributed by atoms with Gasteiger partial charge in [-0.05, 0) is 18.9 Å². The number of benzene rings is 1. The van der Waals surface area contributed by atoms with Crippen molar-refractivity contribution in [1.29, 1.82) is 0 Å². The monoisotopic (exact) mass is 289 g/mol. The Balaban J connectivity index is 2.05. The number of epoxide rings is 1. The Kier molecular flexibility index (Phi) is 3.34. The van der Waals surface area contributed by atoms with Crippen LogP contribution in [0.25, 0.3) is 0 Å². The lowest BCUT2D eigenvalue weighted by Gasteiger charge is -2.30. The minimum atomic E-state index is -1.14. The lowest BCUT2D eigenvalue weighted by Crippen LogP contribution is -2.51. The van der Waals surface area contributed by atoms with E-state index in [1.807, 2.05) is 18.7 Å². The van der Waals surface area contributed by atoms with Gasteiger partial charge >= 0.3 is 0 Å². The largest absolute Gasteiger partial charge is 0.507 e. The molecule has 1 aromatic rings. The smallest absolute Gasteiger partial charge is 0.221 e. The van der Waals surface area contributed by atoms with E-state index in [1.54, 1.807) is 12.1 Å². The van der Waals surface area contributed by atoms with Gasteiger partial charge in [0, 0.05) is 18.7 Å². The second-order valence-corrected chi connectivity index (χ2v) is 5.57. The molecule has 112 valence electrons. The minimum Gasteiger partial charge on any atom is -0.507 e. The highest BCUT2D eigenvalue weighted by Gasteiger charge is 2.72. The van der Waals surface area contributed by atoms with E-state index >= 15 is 0 Å². The van der Waals surface area contributed by atoms with E-state index in [0.717, 1.165) is 12.8 Å². The van der Waals surface area contributed by atoms with Gasteiger partial charge in [-0.2, -0.15) is 0 Å². The van der Waals surface area contributed by atoms with Crippen molar-refractivity contribution >= 4 is 11.6 Å². The first-order chi connectivity index (χ1) is 10.1. The van der Waals surface area contributed by atoms with Crippen LogP contribution < -0.4 is 0 Å². The number of nitrogens with zero attached hydrogens (tertiary/aromatic N) is 1. The molecule has 21 heavy (non-hydrogen) atoms. The summed E-state index contributed by atoms with van der Waals surface area (Å²) in [5, 5.41) is 9.87. The molecule has 0 amide bonds. The van der Waals surface area contributed by atoms with Gasteiger partial charge < -0.3 is 9.84 Å². The molecule has 1 N–H and O–H groups in total. The van der Waals surface area contributed by atoms with Crippen LogP contribution in [0.5, 0.6) is 5.75 Å². The molecule has 3 rings (SSSR count). The summed E-state index contributed by atoms with van der Waals surface area (Å²) >= 11 is 0. The van der Waals surface area contributed by atoms with Crippen LogP contribution >= 0.6 is 0 Å². The number of hydrogen-bond acceptors (Lipinski definition) is 5. The topological polar surface area (TPSA) is 70.1 Å². The third-order valence-corrected chi connectivity index (χ3v) is 4.15. The first-order valence-corrected chi connectivity index (χ1v) is 7.41. The highest BCUT2D eigenvalue weighted by Crippen LogP contribution is 2.50. The molecule has 1 aromatic carbocycles. The van der Waals surface area contributed by atoms with Crippen LogP contribution in [0.2, 0.25) is 0 Å². The van der Waals surface area contributed by atoms with Crippen LogP contribution in [-0.2, 0) is 4.74 Å². The SMILES string of the molecule is CCCN(CCC)C12OC1C(=O)c1c(O)cccc1C2=O. The molecule has 0 saturated carbocycles. The summed E-state index contributed by atoms with van der Waals surface area (Å²) in [4.78, 5) is 27.3. The molecule has 1 aliphatic heterocycles. The fourth-order valence-electron chi connectivity index (χ4n) is 3.23. The number of carbonyl (C=O) groups excluding carboxylic acids is 2. The van der Waals surface area contributed by atoms with Crippen LogP contribution in [0.4, 0.5) is 0 Å². The van der Waals surface area contributed by atoms with Gasteiger partial charge in [0.05, 0.1) is 5.56 Å². The van der Waals surface area contributed by atoms with Gasteiger partial charge in [-0.25, -0.2) is 0 Å². The summed E-state index contributed by atoms with van der Waals surface area (Å²) in [5.74, 6) is -0.646. The molecule has 0 radical (unpaired) electrons. The summed E-state index contributed by atoms with van der Waals surface area (Å²) in [5.41, 5.74) is -0.760. The van der Waals surface area contributed by atoms with Gasteiger partial charge in [0.2, 0.25) is 17.3 Å². The quantitative estimate of drug-likeness (QED) is 0.839. The summed E-state index contributed by atoms with van der Waals surface area (Å²) in [7, 11) is 0. The van der Waals surface area contributed by atoms with Gasteiger partial charge in [-0.3, -0.25) is 14.5 Å². The van der Waals surface area contributed by atoms with Crippen molar-refractivity contribution in [3.8, 4) is 5.75 Å². The summed E-state index contributed by atoms with van der Waals surface area (Å²) in [6.45, 7) is 5.48. The van der Waals surface area contributed by atoms with Gasteiger partial charge in [0.25, 0.3) is 0 Å². The third kappa shape index (κ3) is 1.84. The summed E-state index contributed by atoms with van der Waals surface area (Å²) in [6, 6.07) is 4.60. The molecule has 5 heteroatoms. The molecule has 0 aromatic heterocycles. The zero-order valence-electron chi connectivity index (χ0n) is 12.3. The second kappa shape index (κ2) is 4.93. The third-order valence-electron chi connectivity index (χ3n) is 4.15. The van der Waals surface area contributed by atoms with Crippen molar-refractivity contribution in [2.75, 3.05) is 13.1 Å². The zero-order valence-corrected chi connectivity index (χ0v) is 12.3. The Morgan fingerprint density at radius 1 is 1.24 bits per heavy atom. The first-order valence-electron chi connectivity index (χ1n) is 7.41. The van der Waals surface area contributed by atoms with Crippen molar-refractivity contribution in [1.82, 2.24) is 4.90 Å². The molecule has 1 saturated heterocycles. The molecule has 2 unspecified atom stereocenters. The van der Waals surface area contributed by atoms with Gasteiger partial charge in [0.1, 0.15) is 5.75 Å². The van der Waals surface area contributed by atoms with E-state index < -0.39 is 11.8 Å². The number of ketones is 2. The lowest BCUT2D eigenvalue weighted by atomic mass is 9.84. The Labute approximate surface area is 123 Å². The van der Waals surface area contributed by atoms with E-state index in [0.29, 0.717) is 13.1 Å². The lowest BCUT2D eigenvalue weighted by molar-refractivity contribution is 0.0499. The summed E-state index contributed by atoms with van der Waals surface area (Å²) < 4.78 is 5.61. The van der Waals surface area contributed by atoms with Crippen molar-refractivity contribution in [3.05, 3.63) is 29.3 Å². The molecule has 1 heterocycles. The molecule has 0 spiro atoms. The van der Waals surface area contributed by atoms with Crippen LogP contribution in [-0.4, -0.2) is 46.5 Å². The highest BCUT2D eigenvalue weighted by atomic mass is 16.6. The van der Waals surface area contributed by atoms with Gasteiger partial charge in [-0.15, -0.1) is 0 Å². The average Bonchev–Trinajstić information content (AvgIpc) is 3.22. The first kappa shape index (κ1) is 14.2. The Morgan fingerprint density at radius 2 is 1.90 bits per heavy atom. The van der Waals surface area contributed by atoms with Crippen LogP contribution in [0, 0.1) is 0 Å². The predicted molar refractivity (Wildman–Crippen MR) is 76.5 cm³/mol. The van der Waals surface area contributed by atoms with Crippen molar-refractivity contribution in [2.24, 2.45) is 0 Å². The maximum absolute atomic E-state index is 12.8. The number of phenols is 1. The Bertz CT molecular complexity index is 606. The normalized spacial score (nSPS) is 26.7. The van der Waals surface area contributed by atoms with E-state index in [-0.39, 0.29) is 28.4 Å². The predicted octanol–water partition coefficient (Wildman–Crippen LogP) is 1.99. The van der Waals surface area contributed by atoms with Crippen molar-refractivity contribution < 1.29 is 19.4 Å². The molecule has 1 fully saturated rings. The maximum atomic E-state index is 12.8. The number of Topliss-reactive ketones (excluding diaryl/α,β-unsaturated/α-hetero) is 2. The number of phenolic OH excluding ortho intramolecular Hbond substituents is 1. The fraction of sp³-hybridized carbons (Fsp3) is 0.500. The Hall–Kier alpha value is -1.72. The van der Waals surface area contributed by atoms with Crippen LogP contribution in [0.3, 0.4) is 0 Å². The molecule has 0 bridgehead atoms. The maximum Gasteiger partial charge on any atom is 0.221 e. The van der Waals surface area contributed by atoms with E-state index in [2.05, 4.69) is 0 Å². The molecule has 2 aliphatic rings. The highest BCUT2D eigenvalue weighted by molar-refractivity contribution is 6.23. The molecule has 5 nitrogen and oxygen atoms in total. The number of rotatable bonds is 5. The number of aromatic hydroxyl groups is 1. The van der Waals surface area contributed by atoms with E-state index in [4.69, 9.17) is 4.74 Å². The van der Waals surface area contributed by atoms with E-state index in [1.165, 1.54) is 6.07 Å². The number of carbonyl (C=O) groups is 2. The van der Waals surface area contributed by atoms with Crippen LogP contribution in [0.1, 0.15) is 47.4 Å². The Morgan fingerprint density at radius 3 is 2.52 bits per heavy atom.